The SMILES string of the molecule is COCCN1CCC[C@@]2(CCN(c3ncccc3C#N)C2)C1=O. The van der Waals surface area contributed by atoms with Crippen LogP contribution in [-0.4, -0.2) is 55.7 Å². The van der Waals surface area contributed by atoms with E-state index in [-0.39, 0.29) is 11.3 Å². The van der Waals surface area contributed by atoms with E-state index < -0.39 is 0 Å². The molecule has 23 heavy (non-hydrogen) atoms. The highest BCUT2D eigenvalue weighted by molar-refractivity contribution is 5.85. The maximum absolute atomic E-state index is 12.9. The molecular formula is C17H22N4O2. The average Bonchev–Trinajstić information content (AvgIpc) is 3.01. The zero-order chi connectivity index (χ0) is 16.3. The standard InChI is InChI=1S/C17H22N4O2/c1-23-11-10-20-8-3-5-17(16(20)22)6-9-21(13-17)15-14(12-18)4-2-7-19-15/h2,4,7H,3,5-6,8-11,13H2,1H3/t17-/m0/s1. The van der Waals surface area contributed by atoms with Crippen LogP contribution in [0.25, 0.3) is 0 Å². The number of ether oxygens (including phenoxy) is 1. The number of carbonyl (C=O) groups excluding carboxylic acids is 1. The van der Waals surface area contributed by atoms with Gasteiger partial charge < -0.3 is 14.5 Å². The molecule has 3 rings (SSSR count). The van der Waals surface area contributed by atoms with Crippen molar-refractivity contribution >= 4 is 11.7 Å². The van der Waals surface area contributed by atoms with Crippen LogP contribution in [0.2, 0.25) is 0 Å². The van der Waals surface area contributed by atoms with Crippen molar-refractivity contribution < 1.29 is 9.53 Å². The van der Waals surface area contributed by atoms with Crippen LogP contribution in [0, 0.1) is 16.7 Å². The van der Waals surface area contributed by atoms with Crippen LogP contribution >= 0.6 is 0 Å². The van der Waals surface area contributed by atoms with Crippen LogP contribution in [0.15, 0.2) is 18.3 Å². The van der Waals surface area contributed by atoms with Gasteiger partial charge in [0, 0.05) is 39.5 Å². The number of carbonyl (C=O) groups is 1. The zero-order valence-corrected chi connectivity index (χ0v) is 13.5. The summed E-state index contributed by atoms with van der Waals surface area (Å²) in [6, 6.07) is 5.74. The second kappa shape index (κ2) is 6.55. The Labute approximate surface area is 136 Å². The fraction of sp³-hybridized carbons (Fsp3) is 0.588. The highest BCUT2D eigenvalue weighted by Gasteiger charge is 2.48. The minimum atomic E-state index is -0.323. The minimum Gasteiger partial charge on any atom is -0.383 e. The normalized spacial score (nSPS) is 24.3. The number of hydrogen-bond donors (Lipinski definition) is 0. The molecule has 1 atom stereocenters. The van der Waals surface area contributed by atoms with Crippen molar-refractivity contribution in [3.63, 3.8) is 0 Å². The Morgan fingerprint density at radius 3 is 3.09 bits per heavy atom. The Morgan fingerprint density at radius 1 is 1.43 bits per heavy atom. The molecule has 1 spiro atoms. The lowest BCUT2D eigenvalue weighted by Gasteiger charge is -2.39. The van der Waals surface area contributed by atoms with Crippen molar-refractivity contribution in [1.29, 1.82) is 5.26 Å². The van der Waals surface area contributed by atoms with Gasteiger partial charge in [0.15, 0.2) is 0 Å². The summed E-state index contributed by atoms with van der Waals surface area (Å²) < 4.78 is 5.11. The molecule has 0 radical (unpaired) electrons. The van der Waals surface area contributed by atoms with Gasteiger partial charge in [-0.3, -0.25) is 4.79 Å². The number of pyridine rings is 1. The van der Waals surface area contributed by atoms with Gasteiger partial charge in [-0.25, -0.2) is 4.98 Å². The van der Waals surface area contributed by atoms with E-state index in [9.17, 15) is 10.1 Å². The lowest BCUT2D eigenvalue weighted by atomic mass is 9.78. The van der Waals surface area contributed by atoms with Crippen molar-refractivity contribution in [3.8, 4) is 6.07 Å². The molecule has 122 valence electrons. The number of nitriles is 1. The molecule has 3 heterocycles. The van der Waals surface area contributed by atoms with Crippen LogP contribution in [0.3, 0.4) is 0 Å². The predicted molar refractivity (Wildman–Crippen MR) is 85.9 cm³/mol. The molecule has 2 aliphatic heterocycles. The van der Waals surface area contributed by atoms with Crippen LogP contribution < -0.4 is 4.90 Å². The highest BCUT2D eigenvalue weighted by atomic mass is 16.5. The summed E-state index contributed by atoms with van der Waals surface area (Å²) in [5.41, 5.74) is 0.250. The smallest absolute Gasteiger partial charge is 0.230 e. The Balaban J connectivity index is 1.78. The number of piperidine rings is 1. The van der Waals surface area contributed by atoms with E-state index in [1.807, 2.05) is 4.90 Å². The number of hydrogen-bond acceptors (Lipinski definition) is 5. The molecule has 0 N–H and O–H groups in total. The van der Waals surface area contributed by atoms with E-state index in [0.717, 1.165) is 32.4 Å². The van der Waals surface area contributed by atoms with Gasteiger partial charge in [-0.05, 0) is 31.4 Å². The topological polar surface area (TPSA) is 69.5 Å². The molecule has 1 amide bonds. The molecular weight excluding hydrogens is 292 g/mol. The Bertz CT molecular complexity index is 627. The van der Waals surface area contributed by atoms with E-state index in [1.165, 1.54) is 0 Å². The molecule has 6 heteroatoms. The van der Waals surface area contributed by atoms with E-state index in [4.69, 9.17) is 4.74 Å². The first-order chi connectivity index (χ1) is 11.2. The largest absolute Gasteiger partial charge is 0.383 e. The average molecular weight is 314 g/mol. The van der Waals surface area contributed by atoms with Gasteiger partial charge in [-0.15, -0.1) is 0 Å². The van der Waals surface area contributed by atoms with E-state index >= 15 is 0 Å². The van der Waals surface area contributed by atoms with Gasteiger partial charge in [0.25, 0.3) is 0 Å². The molecule has 1 aromatic rings. The predicted octanol–water partition coefficient (Wildman–Crippen LogP) is 1.42. The number of methoxy groups -OCH3 is 1. The molecule has 2 saturated heterocycles. The molecule has 0 aliphatic carbocycles. The second-order valence-corrected chi connectivity index (χ2v) is 6.33. The first-order valence-corrected chi connectivity index (χ1v) is 8.08. The van der Waals surface area contributed by atoms with E-state index in [2.05, 4.69) is 16.0 Å². The first-order valence-electron chi connectivity index (χ1n) is 8.08. The van der Waals surface area contributed by atoms with Gasteiger partial charge in [-0.2, -0.15) is 5.26 Å². The number of nitrogens with zero attached hydrogens (tertiary/aromatic N) is 4. The summed E-state index contributed by atoms with van der Waals surface area (Å²) in [7, 11) is 1.66. The maximum Gasteiger partial charge on any atom is 0.230 e. The lowest BCUT2D eigenvalue weighted by Crippen LogP contribution is -2.51. The molecule has 2 aliphatic rings. The zero-order valence-electron chi connectivity index (χ0n) is 13.5. The Morgan fingerprint density at radius 2 is 2.30 bits per heavy atom. The van der Waals surface area contributed by atoms with Gasteiger partial charge in [0.2, 0.25) is 5.91 Å². The van der Waals surface area contributed by atoms with Crippen LogP contribution in [0.5, 0.6) is 0 Å². The fourth-order valence-electron chi connectivity index (χ4n) is 3.74. The number of amides is 1. The summed E-state index contributed by atoms with van der Waals surface area (Å²) in [6.45, 7) is 3.47. The third-order valence-corrected chi connectivity index (χ3v) is 4.95. The fourth-order valence-corrected chi connectivity index (χ4v) is 3.74. The van der Waals surface area contributed by atoms with E-state index in [0.29, 0.717) is 31.1 Å². The van der Waals surface area contributed by atoms with E-state index in [1.54, 1.807) is 25.4 Å². The maximum atomic E-state index is 12.9. The van der Waals surface area contributed by atoms with Crippen molar-refractivity contribution in [2.75, 3.05) is 44.8 Å². The van der Waals surface area contributed by atoms with Crippen LogP contribution in [-0.2, 0) is 9.53 Å². The summed E-state index contributed by atoms with van der Waals surface area (Å²) in [5.74, 6) is 0.937. The highest BCUT2D eigenvalue weighted by Crippen LogP contribution is 2.41. The third kappa shape index (κ3) is 2.89. The quantitative estimate of drug-likeness (QED) is 0.840. The Kier molecular flexibility index (Phi) is 4.49. The van der Waals surface area contributed by atoms with Crippen molar-refractivity contribution in [3.05, 3.63) is 23.9 Å². The molecule has 6 nitrogen and oxygen atoms in total. The number of aromatic nitrogens is 1. The summed E-state index contributed by atoms with van der Waals surface area (Å²) in [6.07, 6.45) is 4.47. The van der Waals surface area contributed by atoms with Crippen molar-refractivity contribution in [1.82, 2.24) is 9.88 Å². The summed E-state index contributed by atoms with van der Waals surface area (Å²) >= 11 is 0. The van der Waals surface area contributed by atoms with Crippen LogP contribution in [0.1, 0.15) is 24.8 Å². The summed E-state index contributed by atoms with van der Waals surface area (Å²) in [4.78, 5) is 21.3. The van der Waals surface area contributed by atoms with Crippen molar-refractivity contribution in [2.45, 2.75) is 19.3 Å². The first kappa shape index (κ1) is 15.8. The lowest BCUT2D eigenvalue weighted by molar-refractivity contribution is -0.145. The molecule has 1 aromatic heterocycles. The van der Waals surface area contributed by atoms with Crippen LogP contribution in [0.4, 0.5) is 5.82 Å². The van der Waals surface area contributed by atoms with Gasteiger partial charge in [0.05, 0.1) is 17.6 Å². The monoisotopic (exact) mass is 314 g/mol. The number of likely N-dealkylation sites (tertiary alicyclic amines) is 1. The molecule has 0 unspecified atom stereocenters. The Hall–Kier alpha value is -2.13. The second-order valence-electron chi connectivity index (χ2n) is 6.33. The summed E-state index contributed by atoms with van der Waals surface area (Å²) in [5, 5.41) is 9.27. The van der Waals surface area contributed by atoms with Gasteiger partial charge >= 0.3 is 0 Å². The molecule has 0 bridgehead atoms. The third-order valence-electron chi connectivity index (χ3n) is 4.95. The number of rotatable bonds is 4. The van der Waals surface area contributed by atoms with Gasteiger partial charge in [0.1, 0.15) is 11.9 Å². The molecule has 2 fully saturated rings. The minimum absolute atomic E-state index is 0.234. The van der Waals surface area contributed by atoms with Gasteiger partial charge in [-0.1, -0.05) is 0 Å². The number of anilines is 1. The molecule has 0 saturated carbocycles. The van der Waals surface area contributed by atoms with Crippen molar-refractivity contribution in [2.24, 2.45) is 5.41 Å². The molecule has 0 aromatic carbocycles.